The van der Waals surface area contributed by atoms with Crippen molar-refractivity contribution in [2.45, 2.75) is 13.0 Å². The Hall–Kier alpha value is -1.61. The van der Waals surface area contributed by atoms with E-state index in [1.165, 1.54) is 7.11 Å². The van der Waals surface area contributed by atoms with Gasteiger partial charge in [0.2, 0.25) is 0 Å². The van der Waals surface area contributed by atoms with Gasteiger partial charge in [-0.3, -0.25) is 0 Å². The van der Waals surface area contributed by atoms with Crippen LogP contribution in [0.2, 0.25) is 0 Å². The molecule has 0 radical (unpaired) electrons. The largest absolute Gasteiger partial charge is 0.465 e. The standard InChI is InChI=1S/C13H16O3/c1-3-4-9-16-10-11-7-5-6-8-12(11)13(14)15-2/h3,5-8H,1,4,9-10H2,2H3. The SMILES string of the molecule is C=CCCOCc1ccccc1C(=O)OC. The summed E-state index contributed by atoms with van der Waals surface area (Å²) in [6.45, 7) is 4.64. The Bertz CT molecular complexity index is 358. The van der Waals surface area contributed by atoms with Crippen molar-refractivity contribution in [1.29, 1.82) is 0 Å². The smallest absolute Gasteiger partial charge is 0.338 e. The number of methoxy groups -OCH3 is 1. The van der Waals surface area contributed by atoms with E-state index in [0.29, 0.717) is 18.8 Å². The number of esters is 1. The Morgan fingerprint density at radius 2 is 2.19 bits per heavy atom. The van der Waals surface area contributed by atoms with Gasteiger partial charge in [-0.25, -0.2) is 4.79 Å². The van der Waals surface area contributed by atoms with E-state index >= 15 is 0 Å². The fourth-order valence-corrected chi connectivity index (χ4v) is 1.30. The molecule has 1 rings (SSSR count). The fourth-order valence-electron chi connectivity index (χ4n) is 1.30. The molecule has 0 amide bonds. The van der Waals surface area contributed by atoms with E-state index in [9.17, 15) is 4.79 Å². The number of rotatable bonds is 6. The van der Waals surface area contributed by atoms with Crippen LogP contribution in [0.4, 0.5) is 0 Å². The van der Waals surface area contributed by atoms with Crippen LogP contribution in [0.25, 0.3) is 0 Å². The van der Waals surface area contributed by atoms with Gasteiger partial charge < -0.3 is 9.47 Å². The van der Waals surface area contributed by atoms with Crippen molar-refractivity contribution in [2.75, 3.05) is 13.7 Å². The summed E-state index contributed by atoms with van der Waals surface area (Å²) in [7, 11) is 1.37. The molecular formula is C13H16O3. The van der Waals surface area contributed by atoms with E-state index in [1.54, 1.807) is 18.2 Å². The topological polar surface area (TPSA) is 35.5 Å². The molecule has 0 atom stereocenters. The Morgan fingerprint density at radius 3 is 2.88 bits per heavy atom. The van der Waals surface area contributed by atoms with Gasteiger partial charge >= 0.3 is 5.97 Å². The lowest BCUT2D eigenvalue weighted by Crippen LogP contribution is -2.07. The quantitative estimate of drug-likeness (QED) is 0.420. The van der Waals surface area contributed by atoms with Crippen LogP contribution >= 0.6 is 0 Å². The molecule has 1 aromatic carbocycles. The third kappa shape index (κ3) is 3.51. The molecule has 0 N–H and O–H groups in total. The average Bonchev–Trinajstić information content (AvgIpc) is 2.34. The van der Waals surface area contributed by atoms with Crippen molar-refractivity contribution in [3.8, 4) is 0 Å². The summed E-state index contributed by atoms with van der Waals surface area (Å²) in [5.41, 5.74) is 1.40. The van der Waals surface area contributed by atoms with Crippen LogP contribution in [0.15, 0.2) is 36.9 Å². The second-order valence-electron chi connectivity index (χ2n) is 3.28. The number of hydrogen-bond acceptors (Lipinski definition) is 3. The molecule has 1 aromatic rings. The van der Waals surface area contributed by atoms with Gasteiger partial charge in [0.1, 0.15) is 0 Å². The first-order valence-corrected chi connectivity index (χ1v) is 5.14. The molecule has 16 heavy (non-hydrogen) atoms. The molecule has 3 heteroatoms. The first-order chi connectivity index (χ1) is 7.79. The Kier molecular flexibility index (Phi) is 5.29. The van der Waals surface area contributed by atoms with Crippen molar-refractivity contribution < 1.29 is 14.3 Å². The molecule has 0 saturated heterocycles. The van der Waals surface area contributed by atoms with Gasteiger partial charge in [0, 0.05) is 0 Å². The summed E-state index contributed by atoms with van der Waals surface area (Å²) in [5, 5.41) is 0. The van der Waals surface area contributed by atoms with Crippen LogP contribution in [0.5, 0.6) is 0 Å². The molecule has 0 aliphatic carbocycles. The number of benzene rings is 1. The molecule has 0 aromatic heterocycles. The highest BCUT2D eigenvalue weighted by Crippen LogP contribution is 2.11. The first kappa shape index (κ1) is 12.5. The summed E-state index contributed by atoms with van der Waals surface area (Å²) >= 11 is 0. The van der Waals surface area contributed by atoms with Gasteiger partial charge in [0.15, 0.2) is 0 Å². The van der Waals surface area contributed by atoms with Gasteiger partial charge in [-0.2, -0.15) is 0 Å². The summed E-state index contributed by atoms with van der Waals surface area (Å²) in [6.07, 6.45) is 2.60. The second kappa shape index (κ2) is 6.80. The summed E-state index contributed by atoms with van der Waals surface area (Å²) in [6, 6.07) is 7.27. The molecule has 0 bridgehead atoms. The molecule has 0 aliphatic rings. The average molecular weight is 220 g/mol. The van der Waals surface area contributed by atoms with E-state index in [0.717, 1.165) is 12.0 Å². The van der Waals surface area contributed by atoms with Crippen molar-refractivity contribution in [1.82, 2.24) is 0 Å². The monoisotopic (exact) mass is 220 g/mol. The third-order valence-electron chi connectivity index (χ3n) is 2.15. The van der Waals surface area contributed by atoms with Crippen LogP contribution in [-0.2, 0) is 16.1 Å². The lowest BCUT2D eigenvalue weighted by atomic mass is 10.1. The van der Waals surface area contributed by atoms with Crippen molar-refractivity contribution >= 4 is 5.97 Å². The Labute approximate surface area is 95.7 Å². The van der Waals surface area contributed by atoms with E-state index in [-0.39, 0.29) is 5.97 Å². The maximum Gasteiger partial charge on any atom is 0.338 e. The van der Waals surface area contributed by atoms with E-state index in [1.807, 2.05) is 12.1 Å². The van der Waals surface area contributed by atoms with Gasteiger partial charge in [-0.05, 0) is 18.1 Å². The highest BCUT2D eigenvalue weighted by atomic mass is 16.5. The predicted octanol–water partition coefficient (Wildman–Crippen LogP) is 2.57. The minimum atomic E-state index is -0.331. The Balaban J connectivity index is 2.64. The van der Waals surface area contributed by atoms with Gasteiger partial charge in [-0.1, -0.05) is 24.3 Å². The van der Waals surface area contributed by atoms with Gasteiger partial charge in [0.05, 0.1) is 25.9 Å². The summed E-state index contributed by atoms with van der Waals surface area (Å²) in [5.74, 6) is -0.331. The summed E-state index contributed by atoms with van der Waals surface area (Å²) in [4.78, 5) is 11.4. The highest BCUT2D eigenvalue weighted by molar-refractivity contribution is 5.90. The summed E-state index contributed by atoms with van der Waals surface area (Å²) < 4.78 is 10.1. The fraction of sp³-hybridized carbons (Fsp3) is 0.308. The molecule has 0 aliphatic heterocycles. The minimum Gasteiger partial charge on any atom is -0.465 e. The zero-order valence-electron chi connectivity index (χ0n) is 9.44. The van der Waals surface area contributed by atoms with Crippen LogP contribution in [-0.4, -0.2) is 19.7 Å². The van der Waals surface area contributed by atoms with Gasteiger partial charge in [0.25, 0.3) is 0 Å². The molecule has 86 valence electrons. The molecule has 3 nitrogen and oxygen atoms in total. The molecule has 0 fully saturated rings. The molecule has 0 saturated carbocycles. The van der Waals surface area contributed by atoms with Gasteiger partial charge in [-0.15, -0.1) is 6.58 Å². The lowest BCUT2D eigenvalue weighted by Gasteiger charge is -2.07. The predicted molar refractivity (Wildman–Crippen MR) is 62.3 cm³/mol. The molecule has 0 heterocycles. The van der Waals surface area contributed by atoms with Crippen LogP contribution in [0.1, 0.15) is 22.3 Å². The van der Waals surface area contributed by atoms with Crippen molar-refractivity contribution in [3.63, 3.8) is 0 Å². The van der Waals surface area contributed by atoms with E-state index < -0.39 is 0 Å². The third-order valence-corrected chi connectivity index (χ3v) is 2.15. The molecule has 0 unspecified atom stereocenters. The zero-order chi connectivity index (χ0) is 11.8. The maximum atomic E-state index is 11.4. The maximum absolute atomic E-state index is 11.4. The number of ether oxygens (including phenoxy) is 2. The van der Waals surface area contributed by atoms with E-state index in [4.69, 9.17) is 9.47 Å². The van der Waals surface area contributed by atoms with Crippen molar-refractivity contribution in [3.05, 3.63) is 48.0 Å². The highest BCUT2D eigenvalue weighted by Gasteiger charge is 2.10. The van der Waals surface area contributed by atoms with E-state index in [2.05, 4.69) is 6.58 Å². The normalized spacial score (nSPS) is 9.81. The first-order valence-electron chi connectivity index (χ1n) is 5.14. The number of hydrogen-bond donors (Lipinski definition) is 0. The number of carbonyl (C=O) groups is 1. The minimum absolute atomic E-state index is 0.331. The van der Waals surface area contributed by atoms with Crippen LogP contribution in [0, 0.1) is 0 Å². The second-order valence-corrected chi connectivity index (χ2v) is 3.28. The molecule has 0 spiro atoms. The van der Waals surface area contributed by atoms with Crippen LogP contribution in [0.3, 0.4) is 0 Å². The van der Waals surface area contributed by atoms with Crippen molar-refractivity contribution in [2.24, 2.45) is 0 Å². The number of carbonyl (C=O) groups excluding carboxylic acids is 1. The zero-order valence-corrected chi connectivity index (χ0v) is 9.44. The van der Waals surface area contributed by atoms with Crippen LogP contribution < -0.4 is 0 Å². The Morgan fingerprint density at radius 1 is 1.44 bits per heavy atom. The lowest BCUT2D eigenvalue weighted by molar-refractivity contribution is 0.0592. The molecular weight excluding hydrogens is 204 g/mol.